The number of carbonyl (C=O) groups is 1. The van der Waals surface area contributed by atoms with Gasteiger partial charge in [-0.3, -0.25) is 4.79 Å². The van der Waals surface area contributed by atoms with E-state index in [0.29, 0.717) is 6.61 Å². The highest BCUT2D eigenvalue weighted by Gasteiger charge is 2.22. The molecule has 1 aromatic rings. The summed E-state index contributed by atoms with van der Waals surface area (Å²) in [6.07, 6.45) is 0. The van der Waals surface area contributed by atoms with Gasteiger partial charge in [0.05, 0.1) is 6.61 Å². The molecule has 0 saturated carbocycles. The number of ether oxygens (including phenoxy) is 1. The summed E-state index contributed by atoms with van der Waals surface area (Å²) in [5, 5.41) is -0.703. The van der Waals surface area contributed by atoms with Gasteiger partial charge >= 0.3 is 5.97 Å². The van der Waals surface area contributed by atoms with Gasteiger partial charge in [-0.05, 0) is 37.5 Å². The van der Waals surface area contributed by atoms with Crippen LogP contribution in [0.15, 0.2) is 18.2 Å². The number of rotatable bonds is 3. The van der Waals surface area contributed by atoms with Crippen molar-refractivity contribution in [2.24, 2.45) is 0 Å². The minimum Gasteiger partial charge on any atom is -0.465 e. The van der Waals surface area contributed by atoms with Crippen LogP contribution in [0.1, 0.15) is 29.0 Å². The first-order valence-corrected chi connectivity index (χ1v) is 5.38. The molecule has 2 nitrogen and oxygen atoms in total. The number of benzene rings is 1. The molecule has 0 aliphatic carbocycles. The smallest absolute Gasteiger partial charge is 0.328 e. The van der Waals surface area contributed by atoms with Crippen LogP contribution in [0.2, 0.25) is 0 Å². The van der Waals surface area contributed by atoms with Crippen LogP contribution in [0.25, 0.3) is 0 Å². The van der Waals surface area contributed by atoms with Crippen molar-refractivity contribution in [2.75, 3.05) is 6.61 Å². The van der Waals surface area contributed by atoms with Crippen LogP contribution in [0.3, 0.4) is 0 Å². The van der Waals surface area contributed by atoms with Gasteiger partial charge in [0.2, 0.25) is 0 Å². The van der Waals surface area contributed by atoms with Crippen LogP contribution in [0, 0.1) is 13.8 Å². The Labute approximate surface area is 95.2 Å². The summed E-state index contributed by atoms with van der Waals surface area (Å²) in [6, 6.07) is 5.83. The Bertz CT molecular complexity index is 340. The monoisotopic (exact) mass is 226 g/mol. The fourth-order valence-corrected chi connectivity index (χ4v) is 1.97. The van der Waals surface area contributed by atoms with Crippen molar-refractivity contribution in [3.63, 3.8) is 0 Å². The molecule has 0 N–H and O–H groups in total. The lowest BCUT2D eigenvalue weighted by Gasteiger charge is -2.14. The third kappa shape index (κ3) is 2.72. The van der Waals surface area contributed by atoms with Crippen molar-refractivity contribution < 1.29 is 9.53 Å². The molecule has 1 unspecified atom stereocenters. The highest BCUT2D eigenvalue weighted by Crippen LogP contribution is 2.28. The van der Waals surface area contributed by atoms with Crippen LogP contribution >= 0.6 is 11.6 Å². The minimum atomic E-state index is -0.703. The maximum atomic E-state index is 11.5. The Kier molecular flexibility index (Phi) is 4.15. The average molecular weight is 227 g/mol. The molecule has 0 heterocycles. The number of carbonyl (C=O) groups excluding carboxylic acids is 1. The van der Waals surface area contributed by atoms with Crippen molar-refractivity contribution in [1.29, 1.82) is 0 Å². The number of hydrogen-bond donors (Lipinski definition) is 0. The zero-order valence-corrected chi connectivity index (χ0v) is 9.97. The number of halogens is 1. The second kappa shape index (κ2) is 5.17. The maximum absolute atomic E-state index is 11.5. The summed E-state index contributed by atoms with van der Waals surface area (Å²) in [6.45, 7) is 6.01. The van der Waals surface area contributed by atoms with E-state index in [2.05, 4.69) is 0 Å². The third-order valence-corrected chi connectivity index (χ3v) is 2.69. The van der Waals surface area contributed by atoms with Crippen molar-refractivity contribution in [1.82, 2.24) is 0 Å². The number of esters is 1. The summed E-state index contributed by atoms with van der Waals surface area (Å²) in [4.78, 5) is 11.5. The molecule has 15 heavy (non-hydrogen) atoms. The van der Waals surface area contributed by atoms with Crippen LogP contribution in [0.4, 0.5) is 0 Å². The van der Waals surface area contributed by atoms with E-state index in [9.17, 15) is 4.79 Å². The van der Waals surface area contributed by atoms with Crippen LogP contribution in [-0.2, 0) is 9.53 Å². The topological polar surface area (TPSA) is 26.3 Å². The first-order valence-electron chi connectivity index (χ1n) is 4.94. The van der Waals surface area contributed by atoms with Gasteiger partial charge in [0.1, 0.15) is 0 Å². The Hall–Kier alpha value is -1.02. The van der Waals surface area contributed by atoms with Gasteiger partial charge in [0.25, 0.3) is 0 Å². The lowest BCUT2D eigenvalue weighted by molar-refractivity contribution is -0.142. The molecule has 0 amide bonds. The molecule has 0 bridgehead atoms. The molecule has 0 radical (unpaired) electrons. The molecule has 1 aromatic carbocycles. The van der Waals surface area contributed by atoms with E-state index in [1.165, 1.54) is 0 Å². The van der Waals surface area contributed by atoms with Crippen LogP contribution < -0.4 is 0 Å². The average Bonchev–Trinajstić information content (AvgIpc) is 2.17. The number of alkyl halides is 1. The lowest BCUT2D eigenvalue weighted by Crippen LogP contribution is -2.13. The molecule has 0 aromatic heterocycles. The largest absolute Gasteiger partial charge is 0.465 e. The highest BCUT2D eigenvalue weighted by molar-refractivity contribution is 6.30. The molecule has 1 rings (SSSR count). The first-order chi connectivity index (χ1) is 7.07. The van der Waals surface area contributed by atoms with Gasteiger partial charge in [-0.2, -0.15) is 0 Å². The number of hydrogen-bond acceptors (Lipinski definition) is 2. The van der Waals surface area contributed by atoms with E-state index < -0.39 is 5.38 Å². The Morgan fingerprint density at radius 1 is 1.40 bits per heavy atom. The molecule has 3 heteroatoms. The summed E-state index contributed by atoms with van der Waals surface area (Å²) in [7, 11) is 0. The van der Waals surface area contributed by atoms with Crippen molar-refractivity contribution in [3.05, 3.63) is 34.9 Å². The van der Waals surface area contributed by atoms with Gasteiger partial charge in [-0.15, -0.1) is 11.6 Å². The van der Waals surface area contributed by atoms with Gasteiger partial charge in [0.15, 0.2) is 5.38 Å². The fourth-order valence-electron chi connectivity index (χ4n) is 1.56. The normalized spacial score (nSPS) is 12.3. The lowest BCUT2D eigenvalue weighted by atomic mass is 10.00. The van der Waals surface area contributed by atoms with E-state index >= 15 is 0 Å². The molecule has 82 valence electrons. The van der Waals surface area contributed by atoms with Gasteiger partial charge < -0.3 is 4.74 Å². The third-order valence-electron chi connectivity index (χ3n) is 2.29. The number of aryl methyl sites for hydroxylation is 2. The second-order valence-corrected chi connectivity index (χ2v) is 3.86. The summed E-state index contributed by atoms with van der Waals surface area (Å²) >= 11 is 6.07. The highest BCUT2D eigenvalue weighted by atomic mass is 35.5. The van der Waals surface area contributed by atoms with Crippen molar-refractivity contribution in [2.45, 2.75) is 26.1 Å². The fraction of sp³-hybridized carbons (Fsp3) is 0.417. The minimum absolute atomic E-state index is 0.354. The summed E-state index contributed by atoms with van der Waals surface area (Å²) in [5.74, 6) is -0.378. The molecular formula is C12H15ClO2. The molecular weight excluding hydrogens is 212 g/mol. The molecule has 0 aliphatic rings. The molecule has 0 fully saturated rings. The molecule has 1 atom stereocenters. The zero-order valence-electron chi connectivity index (χ0n) is 9.21. The standard InChI is InChI=1S/C12H15ClO2/c1-4-15-12(14)11(13)10-8(2)6-5-7-9(10)3/h5-7,11H,4H2,1-3H3. The second-order valence-electron chi connectivity index (χ2n) is 3.42. The molecule has 0 aliphatic heterocycles. The Morgan fingerprint density at radius 3 is 2.40 bits per heavy atom. The van der Waals surface area contributed by atoms with Gasteiger partial charge in [-0.1, -0.05) is 18.2 Å². The molecule has 0 spiro atoms. The van der Waals surface area contributed by atoms with E-state index in [1.807, 2.05) is 32.0 Å². The molecule has 0 saturated heterocycles. The van der Waals surface area contributed by atoms with Crippen LogP contribution in [0.5, 0.6) is 0 Å². The predicted molar refractivity (Wildman–Crippen MR) is 61.1 cm³/mol. The van der Waals surface area contributed by atoms with Gasteiger partial charge in [-0.25, -0.2) is 0 Å². The predicted octanol–water partition coefficient (Wildman–Crippen LogP) is 3.15. The maximum Gasteiger partial charge on any atom is 0.328 e. The van der Waals surface area contributed by atoms with Gasteiger partial charge in [0, 0.05) is 0 Å². The summed E-state index contributed by atoms with van der Waals surface area (Å²) < 4.78 is 4.90. The van der Waals surface area contributed by atoms with E-state index in [4.69, 9.17) is 16.3 Å². The van der Waals surface area contributed by atoms with E-state index in [-0.39, 0.29) is 5.97 Å². The first kappa shape index (κ1) is 12.1. The van der Waals surface area contributed by atoms with E-state index in [0.717, 1.165) is 16.7 Å². The van der Waals surface area contributed by atoms with Crippen molar-refractivity contribution >= 4 is 17.6 Å². The Balaban J connectivity index is 3.00. The van der Waals surface area contributed by atoms with Crippen molar-refractivity contribution in [3.8, 4) is 0 Å². The quantitative estimate of drug-likeness (QED) is 0.585. The van der Waals surface area contributed by atoms with Crippen LogP contribution in [-0.4, -0.2) is 12.6 Å². The zero-order chi connectivity index (χ0) is 11.4. The SMILES string of the molecule is CCOC(=O)C(Cl)c1c(C)cccc1C. The van der Waals surface area contributed by atoms with E-state index in [1.54, 1.807) is 6.92 Å². The Morgan fingerprint density at radius 2 is 1.93 bits per heavy atom. The summed E-state index contributed by atoms with van der Waals surface area (Å²) in [5.41, 5.74) is 2.89.